The molecule has 1 aromatic rings. The van der Waals surface area contributed by atoms with E-state index in [1.807, 2.05) is 0 Å². The van der Waals surface area contributed by atoms with Crippen molar-refractivity contribution >= 4 is 5.97 Å². The van der Waals surface area contributed by atoms with Crippen LogP contribution in [0.5, 0.6) is 0 Å². The Balaban J connectivity index is 2.98. The maximum absolute atomic E-state index is 11.1. The van der Waals surface area contributed by atoms with E-state index in [2.05, 4.69) is 4.74 Å². The summed E-state index contributed by atoms with van der Waals surface area (Å²) in [7, 11) is 1.26. The number of carbonyl (C=O) groups excluding carboxylic acids is 1. The average Bonchev–Trinajstić information content (AvgIpc) is 2.58. The molecule has 2 N–H and O–H groups in total. The second-order valence-electron chi connectivity index (χ2n) is 2.81. The molecule has 0 aromatic carbocycles. The number of methoxy groups -OCH3 is 1. The van der Waals surface area contributed by atoms with E-state index in [-0.39, 0.29) is 11.3 Å². The number of esters is 1. The minimum Gasteiger partial charge on any atom is -0.465 e. The van der Waals surface area contributed by atoms with Gasteiger partial charge in [0, 0.05) is 0 Å². The van der Waals surface area contributed by atoms with Crippen molar-refractivity contribution in [3.8, 4) is 0 Å². The first-order valence-corrected chi connectivity index (χ1v) is 4.07. The van der Waals surface area contributed by atoms with Crippen LogP contribution in [0, 0.1) is 6.92 Å². The van der Waals surface area contributed by atoms with Gasteiger partial charge in [-0.05, 0) is 13.0 Å². The Kier molecular flexibility index (Phi) is 3.27. The molecule has 5 nitrogen and oxygen atoms in total. The van der Waals surface area contributed by atoms with Crippen LogP contribution in [0.15, 0.2) is 10.5 Å². The molecule has 5 heteroatoms. The van der Waals surface area contributed by atoms with Crippen LogP contribution in [0.4, 0.5) is 0 Å². The molecule has 0 saturated carbocycles. The highest BCUT2D eigenvalue weighted by atomic mass is 16.5. The van der Waals surface area contributed by atoms with E-state index in [1.165, 1.54) is 13.2 Å². The molecule has 0 radical (unpaired) electrons. The smallest absolute Gasteiger partial charge is 0.341 e. The average molecular weight is 200 g/mol. The van der Waals surface area contributed by atoms with Gasteiger partial charge < -0.3 is 19.4 Å². The SMILES string of the molecule is COC(=O)c1cc(C(O)CO)oc1C. The van der Waals surface area contributed by atoms with Crippen molar-refractivity contribution in [2.24, 2.45) is 0 Å². The molecule has 0 aliphatic heterocycles. The Morgan fingerprint density at radius 1 is 1.71 bits per heavy atom. The molecule has 78 valence electrons. The van der Waals surface area contributed by atoms with E-state index in [9.17, 15) is 9.90 Å². The monoisotopic (exact) mass is 200 g/mol. The Labute approximate surface area is 80.9 Å². The van der Waals surface area contributed by atoms with Gasteiger partial charge in [0.1, 0.15) is 23.2 Å². The van der Waals surface area contributed by atoms with Crippen molar-refractivity contribution in [1.82, 2.24) is 0 Å². The Hall–Kier alpha value is -1.33. The largest absolute Gasteiger partial charge is 0.465 e. The highest BCUT2D eigenvalue weighted by Crippen LogP contribution is 2.20. The molecule has 0 saturated heterocycles. The number of hydrogen-bond donors (Lipinski definition) is 2. The summed E-state index contributed by atoms with van der Waals surface area (Å²) in [5.74, 6) is -0.00705. The predicted octanol–water partition coefficient (Wildman–Crippen LogP) is 0.400. The topological polar surface area (TPSA) is 79.9 Å². The van der Waals surface area contributed by atoms with Gasteiger partial charge in [-0.15, -0.1) is 0 Å². The first-order valence-electron chi connectivity index (χ1n) is 4.07. The standard InChI is InChI=1S/C9H12O5/c1-5-6(9(12)13-2)3-8(14-5)7(11)4-10/h3,7,10-11H,4H2,1-2H3. The fourth-order valence-electron chi connectivity index (χ4n) is 1.07. The molecule has 1 unspecified atom stereocenters. The van der Waals surface area contributed by atoms with Gasteiger partial charge in [-0.25, -0.2) is 4.79 Å². The fraction of sp³-hybridized carbons (Fsp3) is 0.444. The maximum Gasteiger partial charge on any atom is 0.341 e. The molecule has 1 rings (SSSR count). The molecule has 1 aromatic heterocycles. The van der Waals surface area contributed by atoms with E-state index >= 15 is 0 Å². The normalized spacial score (nSPS) is 12.6. The number of aliphatic hydroxyl groups is 2. The first kappa shape index (κ1) is 10.7. The predicted molar refractivity (Wildman–Crippen MR) is 46.8 cm³/mol. The lowest BCUT2D eigenvalue weighted by molar-refractivity contribution is 0.0598. The van der Waals surface area contributed by atoms with Gasteiger partial charge in [-0.3, -0.25) is 0 Å². The van der Waals surface area contributed by atoms with Gasteiger partial charge in [0.2, 0.25) is 0 Å². The molecule has 0 aliphatic carbocycles. The van der Waals surface area contributed by atoms with Crippen molar-refractivity contribution < 1.29 is 24.2 Å². The van der Waals surface area contributed by atoms with E-state index in [0.717, 1.165) is 0 Å². The summed E-state index contributed by atoms with van der Waals surface area (Å²) in [6.45, 7) is 1.13. The number of aryl methyl sites for hydroxylation is 1. The van der Waals surface area contributed by atoms with Gasteiger partial charge in [-0.1, -0.05) is 0 Å². The van der Waals surface area contributed by atoms with Crippen molar-refractivity contribution in [3.63, 3.8) is 0 Å². The number of hydrogen-bond acceptors (Lipinski definition) is 5. The molecule has 14 heavy (non-hydrogen) atoms. The van der Waals surface area contributed by atoms with Gasteiger partial charge in [0.15, 0.2) is 0 Å². The van der Waals surface area contributed by atoms with Crippen LogP contribution < -0.4 is 0 Å². The van der Waals surface area contributed by atoms with Gasteiger partial charge in [0.05, 0.1) is 13.7 Å². The fourth-order valence-corrected chi connectivity index (χ4v) is 1.07. The summed E-state index contributed by atoms with van der Waals surface area (Å²) < 4.78 is 9.58. The van der Waals surface area contributed by atoms with Crippen molar-refractivity contribution in [2.45, 2.75) is 13.0 Å². The molecule has 0 aliphatic rings. The maximum atomic E-state index is 11.1. The zero-order valence-corrected chi connectivity index (χ0v) is 7.98. The minimum absolute atomic E-state index is 0.158. The summed E-state index contributed by atoms with van der Waals surface area (Å²) in [6, 6.07) is 1.36. The van der Waals surface area contributed by atoms with E-state index in [0.29, 0.717) is 5.76 Å². The highest BCUT2D eigenvalue weighted by Gasteiger charge is 2.19. The van der Waals surface area contributed by atoms with Crippen LogP contribution in [0.3, 0.4) is 0 Å². The number of ether oxygens (including phenoxy) is 1. The molecule has 1 atom stereocenters. The Morgan fingerprint density at radius 3 is 2.86 bits per heavy atom. The number of rotatable bonds is 3. The molecular formula is C9H12O5. The zero-order valence-electron chi connectivity index (χ0n) is 7.98. The lowest BCUT2D eigenvalue weighted by atomic mass is 10.2. The molecule has 1 heterocycles. The highest BCUT2D eigenvalue weighted by molar-refractivity contribution is 5.90. The van der Waals surface area contributed by atoms with Crippen LogP contribution in [-0.2, 0) is 4.74 Å². The van der Waals surface area contributed by atoms with Crippen molar-refractivity contribution in [1.29, 1.82) is 0 Å². The zero-order chi connectivity index (χ0) is 10.7. The summed E-state index contributed by atoms with van der Waals surface area (Å²) >= 11 is 0. The quantitative estimate of drug-likeness (QED) is 0.690. The third-order valence-corrected chi connectivity index (χ3v) is 1.84. The third-order valence-electron chi connectivity index (χ3n) is 1.84. The second kappa shape index (κ2) is 4.26. The van der Waals surface area contributed by atoms with Gasteiger partial charge in [0.25, 0.3) is 0 Å². The van der Waals surface area contributed by atoms with Gasteiger partial charge >= 0.3 is 5.97 Å². The Bertz CT molecular complexity index is 328. The van der Waals surface area contributed by atoms with Crippen LogP contribution in [0.1, 0.15) is 28.0 Å². The van der Waals surface area contributed by atoms with E-state index < -0.39 is 18.7 Å². The van der Waals surface area contributed by atoms with Crippen LogP contribution in [0.2, 0.25) is 0 Å². The molecule has 0 fully saturated rings. The summed E-state index contributed by atoms with van der Waals surface area (Å²) in [6.07, 6.45) is -1.10. The summed E-state index contributed by atoms with van der Waals surface area (Å²) in [5, 5.41) is 17.9. The van der Waals surface area contributed by atoms with Crippen LogP contribution in [0.25, 0.3) is 0 Å². The van der Waals surface area contributed by atoms with Crippen LogP contribution >= 0.6 is 0 Å². The number of furan rings is 1. The van der Waals surface area contributed by atoms with Crippen molar-refractivity contribution in [2.75, 3.05) is 13.7 Å². The minimum atomic E-state index is -1.10. The van der Waals surface area contributed by atoms with E-state index in [4.69, 9.17) is 9.52 Å². The lowest BCUT2D eigenvalue weighted by Gasteiger charge is -2.00. The summed E-state index contributed by atoms with van der Waals surface area (Å²) in [5.41, 5.74) is 0.259. The number of aliphatic hydroxyl groups excluding tert-OH is 2. The lowest BCUT2D eigenvalue weighted by Crippen LogP contribution is -2.02. The third kappa shape index (κ3) is 1.94. The molecule has 0 amide bonds. The van der Waals surface area contributed by atoms with E-state index in [1.54, 1.807) is 6.92 Å². The van der Waals surface area contributed by atoms with Gasteiger partial charge in [-0.2, -0.15) is 0 Å². The van der Waals surface area contributed by atoms with Crippen LogP contribution in [-0.4, -0.2) is 29.9 Å². The van der Waals surface area contributed by atoms with Crippen molar-refractivity contribution in [3.05, 3.63) is 23.2 Å². The second-order valence-corrected chi connectivity index (χ2v) is 2.81. The number of carbonyl (C=O) groups is 1. The molecule has 0 spiro atoms. The Morgan fingerprint density at radius 2 is 2.36 bits per heavy atom. The molecular weight excluding hydrogens is 188 g/mol. The molecule has 0 bridgehead atoms. The summed E-state index contributed by atoms with van der Waals surface area (Å²) in [4.78, 5) is 11.1. The first-order chi connectivity index (χ1) is 6.60.